The largest absolute Gasteiger partial charge is 0.369 e. The van der Waals surface area contributed by atoms with Gasteiger partial charge in [-0.2, -0.15) is 5.10 Å². The van der Waals surface area contributed by atoms with Gasteiger partial charge >= 0.3 is 0 Å². The Kier molecular flexibility index (Phi) is 4.00. The zero-order valence-corrected chi connectivity index (χ0v) is 13.3. The number of nitrogens with zero attached hydrogens (tertiary/aromatic N) is 2. The molecule has 3 heteroatoms. The van der Waals surface area contributed by atoms with Crippen LogP contribution in [0.15, 0.2) is 24.3 Å². The van der Waals surface area contributed by atoms with Crippen LogP contribution in [0.3, 0.4) is 0 Å². The van der Waals surface area contributed by atoms with Crippen LogP contribution >= 0.6 is 0 Å². The van der Waals surface area contributed by atoms with E-state index in [9.17, 15) is 0 Å². The van der Waals surface area contributed by atoms with Crippen molar-refractivity contribution in [1.29, 1.82) is 0 Å². The lowest BCUT2D eigenvalue weighted by molar-refractivity contribution is 0.607. The number of benzene rings is 1. The molecule has 0 bridgehead atoms. The van der Waals surface area contributed by atoms with Gasteiger partial charge < -0.3 is 5.32 Å². The lowest BCUT2D eigenvalue weighted by Gasteiger charge is -2.12. The van der Waals surface area contributed by atoms with Crippen LogP contribution in [0.4, 0.5) is 5.82 Å². The molecule has 0 amide bonds. The highest BCUT2D eigenvalue weighted by molar-refractivity contribution is 5.59. The van der Waals surface area contributed by atoms with Crippen LogP contribution in [-0.2, 0) is 12.8 Å². The van der Waals surface area contributed by atoms with Gasteiger partial charge in [0.15, 0.2) is 0 Å². The second-order valence-corrected chi connectivity index (χ2v) is 5.80. The van der Waals surface area contributed by atoms with Gasteiger partial charge in [-0.05, 0) is 37.3 Å². The molecule has 0 spiro atoms. The summed E-state index contributed by atoms with van der Waals surface area (Å²) in [6.07, 6.45) is 4.46. The maximum atomic E-state index is 5.01. The molecule has 0 fully saturated rings. The topological polar surface area (TPSA) is 29.9 Å². The summed E-state index contributed by atoms with van der Waals surface area (Å²) in [6.45, 7) is 7.77. The first-order valence-corrected chi connectivity index (χ1v) is 8.24. The summed E-state index contributed by atoms with van der Waals surface area (Å²) in [5.41, 5.74) is 5.33. The molecule has 1 aliphatic heterocycles. The second-order valence-electron chi connectivity index (χ2n) is 5.80. The van der Waals surface area contributed by atoms with Crippen molar-refractivity contribution in [2.45, 2.75) is 52.4 Å². The van der Waals surface area contributed by atoms with Crippen LogP contribution in [0.5, 0.6) is 0 Å². The van der Waals surface area contributed by atoms with Crippen LogP contribution in [0.1, 0.15) is 56.4 Å². The third-order valence-electron chi connectivity index (χ3n) is 4.66. The summed E-state index contributed by atoms with van der Waals surface area (Å²) in [5, 5.41) is 8.55. The Balaban J connectivity index is 2.14. The molecule has 0 unspecified atom stereocenters. The highest BCUT2D eigenvalue weighted by Crippen LogP contribution is 2.35. The number of para-hydroxylation sites is 1. The summed E-state index contributed by atoms with van der Waals surface area (Å²) in [7, 11) is 0. The van der Waals surface area contributed by atoms with E-state index in [1.807, 2.05) is 0 Å². The Morgan fingerprint density at radius 1 is 1.19 bits per heavy atom. The minimum atomic E-state index is 0.577. The van der Waals surface area contributed by atoms with Crippen molar-refractivity contribution in [3.8, 4) is 5.69 Å². The molecular weight excluding hydrogens is 258 g/mol. The maximum Gasteiger partial charge on any atom is 0.133 e. The van der Waals surface area contributed by atoms with E-state index in [2.05, 4.69) is 55.0 Å². The second kappa shape index (κ2) is 5.92. The first-order valence-electron chi connectivity index (χ1n) is 8.24. The molecule has 0 saturated carbocycles. The number of fused-ring (bicyclic) bond motifs is 1. The third-order valence-corrected chi connectivity index (χ3v) is 4.66. The Labute approximate surface area is 127 Å². The van der Waals surface area contributed by atoms with Crippen LogP contribution in [-0.4, -0.2) is 16.3 Å². The van der Waals surface area contributed by atoms with E-state index in [1.165, 1.54) is 28.3 Å². The first-order chi connectivity index (χ1) is 10.3. The zero-order chi connectivity index (χ0) is 14.8. The molecule has 0 aliphatic carbocycles. The van der Waals surface area contributed by atoms with E-state index < -0.39 is 0 Å². The van der Waals surface area contributed by atoms with Crippen LogP contribution in [0, 0.1) is 0 Å². The molecule has 112 valence electrons. The van der Waals surface area contributed by atoms with Gasteiger partial charge in [0.25, 0.3) is 0 Å². The average Bonchev–Trinajstić information content (AvgIpc) is 3.12. The van der Waals surface area contributed by atoms with Gasteiger partial charge in [-0.15, -0.1) is 0 Å². The maximum absolute atomic E-state index is 5.01. The van der Waals surface area contributed by atoms with Crippen molar-refractivity contribution in [1.82, 2.24) is 9.78 Å². The molecule has 2 aromatic rings. The number of anilines is 1. The van der Waals surface area contributed by atoms with Crippen LogP contribution in [0.25, 0.3) is 5.69 Å². The van der Waals surface area contributed by atoms with Gasteiger partial charge in [-0.3, -0.25) is 0 Å². The Morgan fingerprint density at radius 3 is 2.67 bits per heavy atom. The minimum Gasteiger partial charge on any atom is -0.369 e. The summed E-state index contributed by atoms with van der Waals surface area (Å²) in [4.78, 5) is 0. The Morgan fingerprint density at radius 2 is 1.95 bits per heavy atom. The van der Waals surface area contributed by atoms with E-state index in [1.54, 1.807) is 0 Å². The van der Waals surface area contributed by atoms with Gasteiger partial charge in [0.1, 0.15) is 5.82 Å². The van der Waals surface area contributed by atoms with Crippen molar-refractivity contribution in [2.24, 2.45) is 0 Å². The molecule has 0 atom stereocenters. The van der Waals surface area contributed by atoms with Gasteiger partial charge in [0, 0.05) is 18.0 Å². The number of nitrogens with one attached hydrogen (secondary N) is 1. The molecule has 3 nitrogen and oxygen atoms in total. The molecule has 0 saturated heterocycles. The number of rotatable bonds is 5. The average molecular weight is 283 g/mol. The highest BCUT2D eigenvalue weighted by Gasteiger charge is 2.26. The van der Waals surface area contributed by atoms with Crippen molar-refractivity contribution in [2.75, 3.05) is 11.9 Å². The SMILES string of the molecule is CCc1ccccc1-n1nc(C(CC)CC)c2c1NCC2. The van der Waals surface area contributed by atoms with Crippen molar-refractivity contribution in [3.63, 3.8) is 0 Å². The van der Waals surface area contributed by atoms with Crippen molar-refractivity contribution in [3.05, 3.63) is 41.1 Å². The first kappa shape index (κ1) is 14.2. The fourth-order valence-corrected chi connectivity index (χ4v) is 3.40. The fourth-order valence-electron chi connectivity index (χ4n) is 3.40. The summed E-state index contributed by atoms with van der Waals surface area (Å²) < 4.78 is 2.15. The zero-order valence-electron chi connectivity index (χ0n) is 13.3. The number of hydrogen-bond acceptors (Lipinski definition) is 2. The van der Waals surface area contributed by atoms with E-state index in [0.717, 1.165) is 32.2 Å². The van der Waals surface area contributed by atoms with E-state index in [4.69, 9.17) is 5.10 Å². The van der Waals surface area contributed by atoms with Gasteiger partial charge in [-0.25, -0.2) is 4.68 Å². The quantitative estimate of drug-likeness (QED) is 0.886. The summed E-state index contributed by atoms with van der Waals surface area (Å²) in [6, 6.07) is 8.60. The summed E-state index contributed by atoms with van der Waals surface area (Å²) >= 11 is 0. The number of aromatic nitrogens is 2. The molecule has 1 aliphatic rings. The van der Waals surface area contributed by atoms with E-state index in [0.29, 0.717) is 5.92 Å². The van der Waals surface area contributed by atoms with Gasteiger partial charge in [0.05, 0.1) is 11.4 Å². The number of hydrogen-bond donors (Lipinski definition) is 1. The highest BCUT2D eigenvalue weighted by atomic mass is 15.3. The number of aryl methyl sites for hydroxylation is 1. The van der Waals surface area contributed by atoms with E-state index >= 15 is 0 Å². The Hall–Kier alpha value is -1.77. The molecule has 21 heavy (non-hydrogen) atoms. The molecule has 1 N–H and O–H groups in total. The summed E-state index contributed by atoms with van der Waals surface area (Å²) in [5.74, 6) is 1.80. The van der Waals surface area contributed by atoms with E-state index in [-0.39, 0.29) is 0 Å². The molecule has 3 rings (SSSR count). The van der Waals surface area contributed by atoms with Gasteiger partial charge in [-0.1, -0.05) is 39.0 Å². The standard InChI is InChI=1S/C18H25N3/c1-4-13(5-2)17-15-11-12-19-18(15)21(20-17)16-10-8-7-9-14(16)6-3/h7-10,13,19H,4-6,11-12H2,1-3H3. The van der Waals surface area contributed by atoms with Gasteiger partial charge in [0.2, 0.25) is 0 Å². The normalized spacial score (nSPS) is 13.5. The molecule has 2 heterocycles. The lowest BCUT2D eigenvalue weighted by atomic mass is 9.96. The molecule has 0 radical (unpaired) electrons. The van der Waals surface area contributed by atoms with Crippen LogP contribution in [0.2, 0.25) is 0 Å². The van der Waals surface area contributed by atoms with Crippen LogP contribution < -0.4 is 5.32 Å². The lowest BCUT2D eigenvalue weighted by Crippen LogP contribution is -2.08. The smallest absolute Gasteiger partial charge is 0.133 e. The predicted molar refractivity (Wildman–Crippen MR) is 88.5 cm³/mol. The minimum absolute atomic E-state index is 0.577. The molecule has 1 aromatic heterocycles. The van der Waals surface area contributed by atoms with Crippen molar-refractivity contribution < 1.29 is 0 Å². The van der Waals surface area contributed by atoms with Crippen molar-refractivity contribution >= 4 is 5.82 Å². The Bertz CT molecular complexity index is 623. The third kappa shape index (κ3) is 2.35. The predicted octanol–water partition coefficient (Wildman–Crippen LogP) is 4.31. The fraction of sp³-hybridized carbons (Fsp3) is 0.500. The molecule has 1 aromatic carbocycles. The monoisotopic (exact) mass is 283 g/mol. The molecular formula is C18H25N3.